The lowest BCUT2D eigenvalue weighted by Crippen LogP contribution is -2.51. The SMILES string of the molecule is O=C(NCC(=O)N1CCN(c2ccccc2O)CC1)c1cccc(Cl)c1. The number of nitrogens with one attached hydrogen (secondary N) is 1. The Morgan fingerprint density at radius 2 is 1.77 bits per heavy atom. The second-order valence-electron chi connectivity index (χ2n) is 6.05. The predicted molar refractivity (Wildman–Crippen MR) is 101 cm³/mol. The Morgan fingerprint density at radius 1 is 1.04 bits per heavy atom. The molecule has 0 saturated carbocycles. The largest absolute Gasteiger partial charge is 0.506 e. The lowest BCUT2D eigenvalue weighted by Gasteiger charge is -2.36. The van der Waals surface area contributed by atoms with Crippen LogP contribution in [0, 0.1) is 0 Å². The summed E-state index contributed by atoms with van der Waals surface area (Å²) in [6.45, 7) is 2.29. The Morgan fingerprint density at radius 3 is 2.46 bits per heavy atom. The maximum atomic E-state index is 12.3. The molecule has 0 radical (unpaired) electrons. The van der Waals surface area contributed by atoms with Crippen molar-refractivity contribution in [3.8, 4) is 5.75 Å². The Balaban J connectivity index is 1.49. The van der Waals surface area contributed by atoms with E-state index in [-0.39, 0.29) is 24.1 Å². The topological polar surface area (TPSA) is 72.9 Å². The zero-order chi connectivity index (χ0) is 18.5. The summed E-state index contributed by atoms with van der Waals surface area (Å²) < 4.78 is 0. The molecule has 1 fully saturated rings. The zero-order valence-corrected chi connectivity index (χ0v) is 14.9. The molecule has 0 aromatic heterocycles. The number of hydrogen-bond donors (Lipinski definition) is 2. The lowest BCUT2D eigenvalue weighted by molar-refractivity contribution is -0.130. The maximum absolute atomic E-state index is 12.3. The molecule has 0 bridgehead atoms. The first-order valence-electron chi connectivity index (χ1n) is 8.39. The molecule has 2 aromatic carbocycles. The number of carbonyl (C=O) groups excluding carboxylic acids is 2. The van der Waals surface area contributed by atoms with Crippen molar-refractivity contribution in [1.82, 2.24) is 10.2 Å². The van der Waals surface area contributed by atoms with Crippen molar-refractivity contribution in [2.75, 3.05) is 37.6 Å². The van der Waals surface area contributed by atoms with Gasteiger partial charge in [0.05, 0.1) is 12.2 Å². The van der Waals surface area contributed by atoms with Crippen molar-refractivity contribution >= 4 is 29.1 Å². The van der Waals surface area contributed by atoms with Crippen LogP contribution < -0.4 is 10.2 Å². The van der Waals surface area contributed by atoms with E-state index in [1.54, 1.807) is 41.3 Å². The number of anilines is 1. The van der Waals surface area contributed by atoms with E-state index >= 15 is 0 Å². The molecule has 0 unspecified atom stereocenters. The van der Waals surface area contributed by atoms with Gasteiger partial charge in [-0.15, -0.1) is 0 Å². The minimum absolute atomic E-state index is 0.0536. The Kier molecular flexibility index (Phi) is 5.63. The van der Waals surface area contributed by atoms with Crippen LogP contribution in [0.2, 0.25) is 5.02 Å². The Bertz CT molecular complexity index is 804. The second kappa shape index (κ2) is 8.10. The van der Waals surface area contributed by atoms with Crippen LogP contribution in [0.15, 0.2) is 48.5 Å². The van der Waals surface area contributed by atoms with Crippen LogP contribution in [0.5, 0.6) is 5.75 Å². The van der Waals surface area contributed by atoms with Gasteiger partial charge < -0.3 is 20.2 Å². The fourth-order valence-electron chi connectivity index (χ4n) is 2.93. The van der Waals surface area contributed by atoms with E-state index in [4.69, 9.17) is 11.6 Å². The molecule has 0 atom stereocenters. The van der Waals surface area contributed by atoms with E-state index in [9.17, 15) is 14.7 Å². The third kappa shape index (κ3) is 4.26. The summed E-state index contributed by atoms with van der Waals surface area (Å²) in [7, 11) is 0. The van der Waals surface area contributed by atoms with Gasteiger partial charge in [0.25, 0.3) is 5.91 Å². The fraction of sp³-hybridized carbons (Fsp3) is 0.263. The molecular formula is C19H20ClN3O3. The quantitative estimate of drug-likeness (QED) is 0.861. The number of benzene rings is 2. The van der Waals surface area contributed by atoms with Gasteiger partial charge in [-0.2, -0.15) is 0 Å². The van der Waals surface area contributed by atoms with Gasteiger partial charge in [0.15, 0.2) is 0 Å². The highest BCUT2D eigenvalue weighted by Crippen LogP contribution is 2.27. The van der Waals surface area contributed by atoms with Gasteiger partial charge in [-0.05, 0) is 30.3 Å². The van der Waals surface area contributed by atoms with Crippen molar-refractivity contribution in [1.29, 1.82) is 0 Å². The highest BCUT2D eigenvalue weighted by atomic mass is 35.5. The van der Waals surface area contributed by atoms with Gasteiger partial charge in [-0.25, -0.2) is 0 Å². The molecule has 1 heterocycles. The molecule has 2 N–H and O–H groups in total. The third-order valence-electron chi connectivity index (χ3n) is 4.34. The molecule has 3 rings (SSSR count). The standard InChI is InChI=1S/C19H20ClN3O3/c20-15-5-3-4-14(12-15)19(26)21-13-18(25)23-10-8-22(9-11-23)16-6-1-2-7-17(16)24/h1-7,12,24H,8-11,13H2,(H,21,26). The van der Waals surface area contributed by atoms with Crippen molar-refractivity contribution in [2.45, 2.75) is 0 Å². The van der Waals surface area contributed by atoms with E-state index < -0.39 is 0 Å². The van der Waals surface area contributed by atoms with Crippen LogP contribution >= 0.6 is 11.6 Å². The van der Waals surface area contributed by atoms with Crippen LogP contribution in [0.25, 0.3) is 0 Å². The van der Waals surface area contributed by atoms with Crippen molar-refractivity contribution in [2.24, 2.45) is 0 Å². The van der Waals surface area contributed by atoms with Crippen LogP contribution in [-0.2, 0) is 4.79 Å². The molecule has 6 nitrogen and oxygen atoms in total. The Hall–Kier alpha value is -2.73. The van der Waals surface area contributed by atoms with Crippen LogP contribution in [0.4, 0.5) is 5.69 Å². The summed E-state index contributed by atoms with van der Waals surface area (Å²) in [5.41, 5.74) is 1.20. The van der Waals surface area contributed by atoms with E-state index in [0.29, 0.717) is 36.8 Å². The third-order valence-corrected chi connectivity index (χ3v) is 4.58. The minimum Gasteiger partial charge on any atom is -0.506 e. The molecule has 7 heteroatoms. The van der Waals surface area contributed by atoms with Gasteiger partial charge in [0, 0.05) is 36.8 Å². The monoisotopic (exact) mass is 373 g/mol. The molecule has 26 heavy (non-hydrogen) atoms. The first kappa shape index (κ1) is 18.1. The number of hydrogen-bond acceptors (Lipinski definition) is 4. The molecular weight excluding hydrogens is 354 g/mol. The van der Waals surface area contributed by atoms with Gasteiger partial charge in [0.1, 0.15) is 5.75 Å². The molecule has 136 valence electrons. The smallest absolute Gasteiger partial charge is 0.251 e. The molecule has 0 aliphatic carbocycles. The summed E-state index contributed by atoms with van der Waals surface area (Å²) in [6, 6.07) is 13.8. The van der Waals surface area contributed by atoms with Gasteiger partial charge >= 0.3 is 0 Å². The number of aromatic hydroxyl groups is 1. The zero-order valence-electron chi connectivity index (χ0n) is 14.2. The number of amides is 2. The van der Waals surface area contributed by atoms with E-state index in [1.807, 2.05) is 17.0 Å². The summed E-state index contributed by atoms with van der Waals surface area (Å²) in [4.78, 5) is 28.2. The summed E-state index contributed by atoms with van der Waals surface area (Å²) in [5, 5.41) is 13.0. The first-order chi connectivity index (χ1) is 12.5. The van der Waals surface area contributed by atoms with E-state index in [1.165, 1.54) is 0 Å². The second-order valence-corrected chi connectivity index (χ2v) is 6.49. The van der Waals surface area contributed by atoms with Gasteiger partial charge in [-0.3, -0.25) is 9.59 Å². The fourth-order valence-corrected chi connectivity index (χ4v) is 3.12. The normalized spacial score (nSPS) is 14.2. The average molecular weight is 374 g/mol. The number of para-hydroxylation sites is 2. The number of phenols is 1. The van der Waals surface area contributed by atoms with E-state index in [0.717, 1.165) is 5.69 Å². The number of nitrogens with zero attached hydrogens (tertiary/aromatic N) is 2. The van der Waals surface area contributed by atoms with Crippen molar-refractivity contribution in [3.63, 3.8) is 0 Å². The summed E-state index contributed by atoms with van der Waals surface area (Å²) >= 11 is 5.87. The molecule has 1 saturated heterocycles. The van der Waals surface area contributed by atoms with Crippen molar-refractivity contribution in [3.05, 3.63) is 59.1 Å². The van der Waals surface area contributed by atoms with Crippen LogP contribution in [-0.4, -0.2) is 54.5 Å². The highest BCUT2D eigenvalue weighted by Gasteiger charge is 2.22. The number of piperazine rings is 1. The van der Waals surface area contributed by atoms with E-state index in [2.05, 4.69) is 5.32 Å². The highest BCUT2D eigenvalue weighted by molar-refractivity contribution is 6.30. The number of phenolic OH excluding ortho intramolecular Hbond substituents is 1. The predicted octanol–water partition coefficient (Wildman–Crippen LogP) is 2.12. The number of rotatable bonds is 4. The average Bonchev–Trinajstić information content (AvgIpc) is 2.66. The number of carbonyl (C=O) groups is 2. The molecule has 1 aliphatic heterocycles. The van der Waals surface area contributed by atoms with Crippen molar-refractivity contribution < 1.29 is 14.7 Å². The van der Waals surface area contributed by atoms with Gasteiger partial charge in [0.2, 0.25) is 5.91 Å². The molecule has 2 amide bonds. The van der Waals surface area contributed by atoms with Gasteiger partial charge in [-0.1, -0.05) is 29.8 Å². The molecule has 2 aromatic rings. The molecule has 0 spiro atoms. The minimum atomic E-state index is -0.325. The summed E-state index contributed by atoms with van der Waals surface area (Å²) in [6.07, 6.45) is 0. The maximum Gasteiger partial charge on any atom is 0.251 e. The number of halogens is 1. The molecule has 1 aliphatic rings. The Labute approximate surface area is 157 Å². The summed E-state index contributed by atoms with van der Waals surface area (Å²) in [5.74, 6) is -0.216. The lowest BCUT2D eigenvalue weighted by atomic mass is 10.2. The first-order valence-corrected chi connectivity index (χ1v) is 8.77. The van der Waals surface area contributed by atoms with Crippen LogP contribution in [0.1, 0.15) is 10.4 Å². The van der Waals surface area contributed by atoms with Crippen LogP contribution in [0.3, 0.4) is 0 Å².